The Balaban J connectivity index is 0.00000306. The summed E-state index contributed by atoms with van der Waals surface area (Å²) in [5.74, 6) is 1.11. The number of nitrogens with zero attached hydrogens (tertiary/aromatic N) is 4. The summed E-state index contributed by atoms with van der Waals surface area (Å²) in [5.41, 5.74) is 1.42. The topological polar surface area (TPSA) is 94.2 Å². The molecule has 0 radical (unpaired) electrons. The second-order valence-corrected chi connectivity index (χ2v) is 8.79. The van der Waals surface area contributed by atoms with Gasteiger partial charge in [0.2, 0.25) is 11.9 Å². The third kappa shape index (κ3) is 5.89. The normalized spacial score (nSPS) is 14.6. The van der Waals surface area contributed by atoms with E-state index in [9.17, 15) is 9.59 Å². The lowest BCUT2D eigenvalue weighted by Gasteiger charge is -2.32. The van der Waals surface area contributed by atoms with Crippen LogP contribution in [-0.4, -0.2) is 70.9 Å². The Morgan fingerprint density at radius 2 is 1.97 bits per heavy atom. The fourth-order valence-electron chi connectivity index (χ4n) is 3.87. The van der Waals surface area contributed by atoms with Gasteiger partial charge < -0.3 is 15.2 Å². The zero-order chi connectivity index (χ0) is 22.7. The number of hydrogen-bond acceptors (Lipinski definition) is 6. The summed E-state index contributed by atoms with van der Waals surface area (Å²) >= 11 is 6.25. The van der Waals surface area contributed by atoms with E-state index in [2.05, 4.69) is 25.2 Å². The number of aromatic nitrogens is 3. The number of carbonyl (C=O) groups excluding carboxylic acids is 1. The molecule has 3 heterocycles. The maximum absolute atomic E-state index is 12.6. The van der Waals surface area contributed by atoms with Gasteiger partial charge in [-0.05, 0) is 44.0 Å². The Bertz CT molecular complexity index is 1170. The molecule has 1 aliphatic rings. The summed E-state index contributed by atoms with van der Waals surface area (Å²) in [6.07, 6.45) is 3.73. The van der Waals surface area contributed by atoms with Crippen molar-refractivity contribution in [3.05, 3.63) is 51.9 Å². The van der Waals surface area contributed by atoms with Crippen molar-refractivity contribution in [1.29, 1.82) is 0 Å². The molecule has 8 nitrogen and oxygen atoms in total. The van der Waals surface area contributed by atoms with Crippen LogP contribution in [0.1, 0.15) is 20.3 Å². The SMILES string of the molecule is C.CN(C)C(=O)CN1CCC(CNc2ncc3cc(-c4ccccc4Cl)c(=O)[nH]c3n2)CC1. The molecular formula is C24H31ClN6O2. The Hall–Kier alpha value is -2.97. The first-order chi connectivity index (χ1) is 15.4. The molecule has 9 heteroatoms. The van der Waals surface area contributed by atoms with E-state index >= 15 is 0 Å². The summed E-state index contributed by atoms with van der Waals surface area (Å²) in [7, 11) is 3.57. The average molecular weight is 471 g/mol. The van der Waals surface area contributed by atoms with Gasteiger partial charge in [-0.25, -0.2) is 4.98 Å². The van der Waals surface area contributed by atoms with E-state index in [4.69, 9.17) is 11.6 Å². The standard InChI is InChI=1S/C23H27ClN6O2.CH4/c1-29(2)20(31)14-30-9-7-15(8-10-30)12-25-23-26-13-16-11-18(22(32)27-21(16)28-23)17-5-3-4-6-19(17)24;/h3-6,11,13,15H,7-10,12,14H2,1-2H3,(H2,25,26,27,28,32);1H4. The Morgan fingerprint density at radius 1 is 1.24 bits per heavy atom. The van der Waals surface area contributed by atoms with Crippen LogP contribution in [0.3, 0.4) is 0 Å². The van der Waals surface area contributed by atoms with E-state index in [-0.39, 0.29) is 18.9 Å². The molecule has 1 fully saturated rings. The molecule has 0 atom stereocenters. The molecule has 0 spiro atoms. The van der Waals surface area contributed by atoms with E-state index in [1.165, 1.54) is 0 Å². The van der Waals surface area contributed by atoms with E-state index in [0.717, 1.165) is 37.9 Å². The van der Waals surface area contributed by atoms with Crippen LogP contribution in [0.4, 0.5) is 5.95 Å². The number of piperidine rings is 1. The number of nitrogens with one attached hydrogen (secondary N) is 2. The lowest BCUT2D eigenvalue weighted by atomic mass is 9.97. The summed E-state index contributed by atoms with van der Waals surface area (Å²) in [4.78, 5) is 40.1. The van der Waals surface area contributed by atoms with Crippen molar-refractivity contribution in [2.75, 3.05) is 45.6 Å². The quantitative estimate of drug-likeness (QED) is 0.572. The van der Waals surface area contributed by atoms with Gasteiger partial charge in [0, 0.05) is 48.4 Å². The molecule has 2 aromatic heterocycles. The van der Waals surface area contributed by atoms with Crippen molar-refractivity contribution < 1.29 is 4.79 Å². The molecule has 176 valence electrons. The minimum atomic E-state index is -0.241. The summed E-state index contributed by atoms with van der Waals surface area (Å²) in [6, 6.07) is 9.02. The van der Waals surface area contributed by atoms with E-state index in [1.54, 1.807) is 37.3 Å². The maximum Gasteiger partial charge on any atom is 0.257 e. The summed E-state index contributed by atoms with van der Waals surface area (Å²) in [6.45, 7) is 3.04. The molecule has 1 aromatic carbocycles. The molecule has 33 heavy (non-hydrogen) atoms. The highest BCUT2D eigenvalue weighted by molar-refractivity contribution is 6.33. The number of likely N-dealkylation sites (tertiary alicyclic amines) is 1. The molecule has 1 aliphatic heterocycles. The number of rotatable bonds is 6. The highest BCUT2D eigenvalue weighted by Gasteiger charge is 2.21. The van der Waals surface area contributed by atoms with E-state index < -0.39 is 0 Å². The van der Waals surface area contributed by atoms with Gasteiger partial charge >= 0.3 is 0 Å². The molecule has 0 bridgehead atoms. The number of aromatic amines is 1. The lowest BCUT2D eigenvalue weighted by molar-refractivity contribution is -0.130. The minimum absolute atomic E-state index is 0. The molecule has 3 aromatic rings. The third-order valence-corrected chi connectivity index (χ3v) is 6.20. The number of H-pyrrole nitrogens is 1. The first kappa shape index (κ1) is 24.7. The number of benzene rings is 1. The van der Waals surface area contributed by atoms with Crippen LogP contribution in [-0.2, 0) is 4.79 Å². The zero-order valence-corrected chi connectivity index (χ0v) is 19.0. The fraction of sp³-hybridized carbons (Fsp3) is 0.417. The second kappa shape index (κ2) is 10.8. The van der Waals surface area contributed by atoms with Crippen molar-refractivity contribution in [2.45, 2.75) is 20.3 Å². The van der Waals surface area contributed by atoms with E-state index in [1.807, 2.05) is 18.2 Å². The van der Waals surface area contributed by atoms with Crippen LogP contribution in [0, 0.1) is 5.92 Å². The first-order valence-electron chi connectivity index (χ1n) is 10.7. The average Bonchev–Trinajstić information content (AvgIpc) is 2.78. The zero-order valence-electron chi connectivity index (χ0n) is 18.3. The van der Waals surface area contributed by atoms with Crippen LogP contribution in [0.15, 0.2) is 41.3 Å². The predicted molar refractivity (Wildman–Crippen MR) is 134 cm³/mol. The van der Waals surface area contributed by atoms with Crippen LogP contribution in [0.5, 0.6) is 0 Å². The number of likely N-dealkylation sites (N-methyl/N-ethyl adjacent to an activating group) is 1. The van der Waals surface area contributed by atoms with Gasteiger partial charge in [-0.3, -0.25) is 14.5 Å². The van der Waals surface area contributed by atoms with Crippen molar-refractivity contribution in [2.24, 2.45) is 5.92 Å². The number of amides is 1. The largest absolute Gasteiger partial charge is 0.354 e. The Morgan fingerprint density at radius 3 is 2.67 bits per heavy atom. The molecule has 0 aliphatic carbocycles. The van der Waals surface area contributed by atoms with E-state index in [0.29, 0.717) is 40.2 Å². The lowest BCUT2D eigenvalue weighted by Crippen LogP contribution is -2.42. The molecular weight excluding hydrogens is 440 g/mol. The van der Waals surface area contributed by atoms with Gasteiger partial charge in [0.15, 0.2) is 0 Å². The van der Waals surface area contributed by atoms with Crippen LogP contribution < -0.4 is 10.9 Å². The third-order valence-electron chi connectivity index (χ3n) is 5.87. The fourth-order valence-corrected chi connectivity index (χ4v) is 4.11. The van der Waals surface area contributed by atoms with Crippen molar-refractivity contribution >= 4 is 34.5 Å². The maximum atomic E-state index is 12.6. The summed E-state index contributed by atoms with van der Waals surface area (Å²) < 4.78 is 0. The molecule has 0 unspecified atom stereocenters. The molecule has 1 saturated heterocycles. The predicted octanol–water partition coefficient (Wildman–Crippen LogP) is 3.49. The second-order valence-electron chi connectivity index (χ2n) is 8.38. The number of carbonyl (C=O) groups is 1. The van der Waals surface area contributed by atoms with Crippen LogP contribution in [0.25, 0.3) is 22.2 Å². The number of anilines is 1. The van der Waals surface area contributed by atoms with Crippen LogP contribution >= 0.6 is 11.6 Å². The minimum Gasteiger partial charge on any atom is -0.354 e. The van der Waals surface area contributed by atoms with Gasteiger partial charge in [0.25, 0.3) is 5.56 Å². The van der Waals surface area contributed by atoms with Crippen molar-refractivity contribution in [3.8, 4) is 11.1 Å². The smallest absolute Gasteiger partial charge is 0.257 e. The number of fused-ring (bicyclic) bond motifs is 1. The van der Waals surface area contributed by atoms with Gasteiger partial charge in [-0.15, -0.1) is 0 Å². The number of halogens is 1. The van der Waals surface area contributed by atoms with Crippen LogP contribution in [0.2, 0.25) is 5.02 Å². The van der Waals surface area contributed by atoms with Gasteiger partial charge in [0.1, 0.15) is 5.65 Å². The Labute approximate surface area is 199 Å². The van der Waals surface area contributed by atoms with Gasteiger partial charge in [0.05, 0.1) is 6.54 Å². The molecule has 1 amide bonds. The summed E-state index contributed by atoms with van der Waals surface area (Å²) in [5, 5.41) is 4.56. The number of pyridine rings is 1. The monoisotopic (exact) mass is 470 g/mol. The molecule has 4 rings (SSSR count). The molecule has 2 N–H and O–H groups in total. The Kier molecular flexibility index (Phi) is 8.05. The molecule has 0 saturated carbocycles. The van der Waals surface area contributed by atoms with Gasteiger partial charge in [-0.2, -0.15) is 4.98 Å². The van der Waals surface area contributed by atoms with Crippen molar-refractivity contribution in [1.82, 2.24) is 24.8 Å². The van der Waals surface area contributed by atoms with Gasteiger partial charge in [-0.1, -0.05) is 37.2 Å². The number of hydrogen-bond donors (Lipinski definition) is 2. The van der Waals surface area contributed by atoms with Crippen molar-refractivity contribution in [3.63, 3.8) is 0 Å². The highest BCUT2D eigenvalue weighted by Crippen LogP contribution is 2.26. The first-order valence-corrected chi connectivity index (χ1v) is 11.1. The highest BCUT2D eigenvalue weighted by atomic mass is 35.5.